The topological polar surface area (TPSA) is 89.4 Å². The Hall–Kier alpha value is -1.10. The van der Waals surface area contributed by atoms with E-state index in [9.17, 15) is 9.59 Å². The lowest BCUT2D eigenvalue weighted by atomic mass is 9.91. The van der Waals surface area contributed by atoms with Crippen LogP contribution in [0.3, 0.4) is 0 Å². The summed E-state index contributed by atoms with van der Waals surface area (Å²) in [7, 11) is 0. The Morgan fingerprint density at radius 3 is 2.53 bits per heavy atom. The lowest BCUT2D eigenvalue weighted by Crippen LogP contribution is -2.49. The Morgan fingerprint density at radius 2 is 1.95 bits per heavy atom. The van der Waals surface area contributed by atoms with Crippen LogP contribution in [0.1, 0.15) is 45.4 Å². The van der Waals surface area contributed by atoms with Gasteiger partial charge in [-0.05, 0) is 38.5 Å². The fourth-order valence-electron chi connectivity index (χ4n) is 3.35. The maximum atomic E-state index is 12.4. The Balaban J connectivity index is 1.94. The van der Waals surface area contributed by atoms with Gasteiger partial charge in [-0.2, -0.15) is 0 Å². The molecule has 0 aromatic heterocycles. The second-order valence-electron chi connectivity index (χ2n) is 6.13. The van der Waals surface area contributed by atoms with Crippen LogP contribution < -0.4 is 11.5 Å². The molecule has 1 aliphatic heterocycles. The summed E-state index contributed by atoms with van der Waals surface area (Å²) in [5.74, 6) is -0.0193. The average molecular weight is 267 g/mol. The van der Waals surface area contributed by atoms with Crippen LogP contribution in [0.25, 0.3) is 0 Å². The van der Waals surface area contributed by atoms with Gasteiger partial charge in [0, 0.05) is 25.0 Å². The lowest BCUT2D eigenvalue weighted by Gasteiger charge is -2.37. The van der Waals surface area contributed by atoms with Crippen molar-refractivity contribution in [1.29, 1.82) is 0 Å². The van der Waals surface area contributed by atoms with Crippen molar-refractivity contribution in [2.75, 3.05) is 6.54 Å². The summed E-state index contributed by atoms with van der Waals surface area (Å²) in [4.78, 5) is 25.5. The number of likely N-dealkylation sites (tertiary alicyclic amines) is 1. The molecule has 4 N–H and O–H groups in total. The highest BCUT2D eigenvalue weighted by Crippen LogP contribution is 2.29. The van der Waals surface area contributed by atoms with Gasteiger partial charge in [-0.3, -0.25) is 9.59 Å². The van der Waals surface area contributed by atoms with Gasteiger partial charge in [0.25, 0.3) is 0 Å². The molecule has 2 fully saturated rings. The predicted octanol–water partition coefficient (Wildman–Crippen LogP) is 0.616. The molecular weight excluding hydrogens is 242 g/mol. The normalized spacial score (nSPS) is 35.4. The molecule has 0 radical (unpaired) electrons. The zero-order valence-corrected chi connectivity index (χ0v) is 11.7. The van der Waals surface area contributed by atoms with Crippen LogP contribution in [0, 0.1) is 11.8 Å². The van der Waals surface area contributed by atoms with Crippen LogP contribution in [0.5, 0.6) is 0 Å². The van der Waals surface area contributed by atoms with Crippen molar-refractivity contribution in [2.45, 2.75) is 57.5 Å². The number of hydrogen-bond donors (Lipinski definition) is 2. The first-order valence-electron chi connectivity index (χ1n) is 7.33. The van der Waals surface area contributed by atoms with E-state index in [0.29, 0.717) is 18.9 Å². The van der Waals surface area contributed by atoms with Crippen molar-refractivity contribution in [3.05, 3.63) is 0 Å². The van der Waals surface area contributed by atoms with E-state index in [0.717, 1.165) is 32.1 Å². The van der Waals surface area contributed by atoms with Crippen LogP contribution in [-0.4, -0.2) is 35.3 Å². The van der Waals surface area contributed by atoms with Crippen molar-refractivity contribution in [2.24, 2.45) is 23.3 Å². The van der Waals surface area contributed by atoms with Crippen LogP contribution >= 0.6 is 0 Å². The molecule has 2 unspecified atom stereocenters. The fraction of sp³-hybridized carbons (Fsp3) is 0.857. The molecule has 0 spiro atoms. The summed E-state index contributed by atoms with van der Waals surface area (Å²) >= 11 is 0. The van der Waals surface area contributed by atoms with E-state index in [2.05, 4.69) is 0 Å². The molecule has 5 heteroatoms. The molecule has 1 heterocycles. The molecule has 0 aromatic carbocycles. The van der Waals surface area contributed by atoms with Gasteiger partial charge in [0.2, 0.25) is 11.8 Å². The monoisotopic (exact) mass is 267 g/mol. The first-order chi connectivity index (χ1) is 8.99. The summed E-state index contributed by atoms with van der Waals surface area (Å²) in [6.45, 7) is 2.53. The number of piperidine rings is 1. The molecule has 0 aromatic rings. The van der Waals surface area contributed by atoms with E-state index in [-0.39, 0.29) is 29.8 Å². The largest absolute Gasteiger partial charge is 0.369 e. The van der Waals surface area contributed by atoms with E-state index in [1.165, 1.54) is 0 Å². The third-order valence-corrected chi connectivity index (χ3v) is 4.76. The van der Waals surface area contributed by atoms with Gasteiger partial charge in [0.15, 0.2) is 0 Å². The molecule has 2 aliphatic rings. The minimum Gasteiger partial charge on any atom is -0.369 e. The minimum absolute atomic E-state index is 0.140. The van der Waals surface area contributed by atoms with E-state index in [1.807, 2.05) is 11.8 Å². The molecule has 0 bridgehead atoms. The second-order valence-corrected chi connectivity index (χ2v) is 6.13. The smallest absolute Gasteiger partial charge is 0.223 e. The first-order valence-corrected chi connectivity index (χ1v) is 7.33. The molecule has 2 rings (SSSR count). The summed E-state index contributed by atoms with van der Waals surface area (Å²) in [6.07, 6.45) is 5.38. The highest BCUT2D eigenvalue weighted by Gasteiger charge is 2.34. The van der Waals surface area contributed by atoms with Gasteiger partial charge < -0.3 is 16.4 Å². The molecule has 1 saturated heterocycles. The van der Waals surface area contributed by atoms with Crippen LogP contribution in [0.15, 0.2) is 0 Å². The SMILES string of the molecule is CC1CCC(C(N)=O)CN1C(=O)C[C@@H]1CCC[C@H]1N. The zero-order chi connectivity index (χ0) is 14.0. The molecule has 1 aliphatic carbocycles. The summed E-state index contributed by atoms with van der Waals surface area (Å²) in [5.41, 5.74) is 11.4. The number of carbonyl (C=O) groups is 2. The molecule has 19 heavy (non-hydrogen) atoms. The fourth-order valence-corrected chi connectivity index (χ4v) is 3.35. The Kier molecular flexibility index (Phi) is 4.45. The number of carbonyl (C=O) groups excluding carboxylic acids is 2. The number of rotatable bonds is 3. The van der Waals surface area contributed by atoms with Crippen molar-refractivity contribution in [3.63, 3.8) is 0 Å². The molecular formula is C14H25N3O2. The van der Waals surface area contributed by atoms with Crippen molar-refractivity contribution >= 4 is 11.8 Å². The second kappa shape index (κ2) is 5.90. The Morgan fingerprint density at radius 1 is 1.21 bits per heavy atom. The molecule has 4 atom stereocenters. The van der Waals surface area contributed by atoms with E-state index in [4.69, 9.17) is 11.5 Å². The van der Waals surface area contributed by atoms with E-state index in [1.54, 1.807) is 0 Å². The summed E-state index contributed by atoms with van der Waals surface area (Å²) in [5, 5.41) is 0. The van der Waals surface area contributed by atoms with Gasteiger partial charge in [-0.15, -0.1) is 0 Å². The summed E-state index contributed by atoms with van der Waals surface area (Å²) in [6, 6.07) is 0.372. The standard InChI is InChI=1S/C14H25N3O2/c1-9-5-6-11(14(16)19)8-17(9)13(18)7-10-3-2-4-12(10)15/h9-12H,2-8,15H2,1H3,(H2,16,19)/t9?,10-,11?,12+/m0/s1. The van der Waals surface area contributed by atoms with Crippen LogP contribution in [0.4, 0.5) is 0 Å². The summed E-state index contributed by atoms with van der Waals surface area (Å²) < 4.78 is 0. The van der Waals surface area contributed by atoms with Crippen molar-refractivity contribution in [3.8, 4) is 0 Å². The van der Waals surface area contributed by atoms with Gasteiger partial charge in [0.05, 0.1) is 5.92 Å². The third-order valence-electron chi connectivity index (χ3n) is 4.76. The van der Waals surface area contributed by atoms with Crippen LogP contribution in [-0.2, 0) is 9.59 Å². The van der Waals surface area contributed by atoms with Gasteiger partial charge in [0.1, 0.15) is 0 Å². The van der Waals surface area contributed by atoms with Gasteiger partial charge >= 0.3 is 0 Å². The number of primary amides is 1. The lowest BCUT2D eigenvalue weighted by molar-refractivity contribution is -0.138. The number of hydrogen-bond acceptors (Lipinski definition) is 3. The van der Waals surface area contributed by atoms with Gasteiger partial charge in [-0.25, -0.2) is 0 Å². The third kappa shape index (κ3) is 3.26. The van der Waals surface area contributed by atoms with E-state index >= 15 is 0 Å². The molecule has 2 amide bonds. The Labute approximate surface area is 114 Å². The van der Waals surface area contributed by atoms with Crippen LogP contribution in [0.2, 0.25) is 0 Å². The van der Waals surface area contributed by atoms with Crippen molar-refractivity contribution in [1.82, 2.24) is 4.90 Å². The Bertz CT molecular complexity index is 359. The van der Waals surface area contributed by atoms with E-state index < -0.39 is 0 Å². The highest BCUT2D eigenvalue weighted by molar-refractivity contribution is 5.80. The quantitative estimate of drug-likeness (QED) is 0.785. The molecule has 1 saturated carbocycles. The maximum absolute atomic E-state index is 12.4. The number of nitrogens with two attached hydrogens (primary N) is 2. The molecule has 5 nitrogen and oxygen atoms in total. The van der Waals surface area contributed by atoms with Crippen molar-refractivity contribution < 1.29 is 9.59 Å². The maximum Gasteiger partial charge on any atom is 0.223 e. The zero-order valence-electron chi connectivity index (χ0n) is 11.7. The number of amides is 2. The number of nitrogens with zero attached hydrogens (tertiary/aromatic N) is 1. The predicted molar refractivity (Wildman–Crippen MR) is 73.0 cm³/mol. The average Bonchev–Trinajstić information content (AvgIpc) is 2.75. The molecule has 108 valence electrons. The van der Waals surface area contributed by atoms with Gasteiger partial charge in [-0.1, -0.05) is 6.42 Å². The first kappa shape index (κ1) is 14.3. The minimum atomic E-state index is -0.290. The highest BCUT2D eigenvalue weighted by atomic mass is 16.2.